The fourth-order valence-electron chi connectivity index (χ4n) is 4.50. The molecule has 0 bridgehead atoms. The van der Waals surface area contributed by atoms with Crippen LogP contribution in [0.1, 0.15) is 67.8 Å². The Morgan fingerprint density at radius 1 is 1.18 bits per heavy atom. The van der Waals surface area contributed by atoms with Gasteiger partial charge in [0.05, 0.1) is 6.04 Å². The predicted molar refractivity (Wildman–Crippen MR) is 119 cm³/mol. The number of aliphatic hydroxyl groups excluding tert-OH is 1. The molecule has 33 heavy (non-hydrogen) atoms. The van der Waals surface area contributed by atoms with Crippen LogP contribution in [0.3, 0.4) is 0 Å². The molecule has 0 unspecified atom stereocenters. The molecule has 2 N–H and O–H groups in total. The van der Waals surface area contributed by atoms with Gasteiger partial charge in [0.2, 0.25) is 11.8 Å². The van der Waals surface area contributed by atoms with Gasteiger partial charge in [-0.3, -0.25) is 4.79 Å². The topological polar surface area (TPSA) is 110 Å². The van der Waals surface area contributed by atoms with Crippen molar-refractivity contribution in [3.8, 4) is 11.5 Å². The highest BCUT2D eigenvalue weighted by Gasteiger charge is 2.29. The third kappa shape index (κ3) is 5.65. The molecule has 3 aliphatic rings. The van der Waals surface area contributed by atoms with Crippen LogP contribution >= 0.6 is 0 Å². The zero-order valence-corrected chi connectivity index (χ0v) is 18.9. The summed E-state index contributed by atoms with van der Waals surface area (Å²) in [6, 6.07) is 5.06. The van der Waals surface area contributed by atoms with E-state index in [4.69, 9.17) is 14.0 Å². The Labute approximate surface area is 193 Å². The van der Waals surface area contributed by atoms with Crippen LogP contribution in [0.25, 0.3) is 0 Å². The van der Waals surface area contributed by atoms with Crippen molar-refractivity contribution in [2.45, 2.75) is 63.0 Å². The molecule has 2 fully saturated rings. The van der Waals surface area contributed by atoms with Gasteiger partial charge in [-0.25, -0.2) is 0 Å². The highest BCUT2D eigenvalue weighted by molar-refractivity contribution is 5.76. The molecule has 178 valence electrons. The summed E-state index contributed by atoms with van der Waals surface area (Å²) in [6.07, 6.45) is 5.25. The van der Waals surface area contributed by atoms with Crippen molar-refractivity contribution in [1.29, 1.82) is 0 Å². The normalized spacial score (nSPS) is 19.9. The average Bonchev–Trinajstić information content (AvgIpc) is 3.35. The van der Waals surface area contributed by atoms with E-state index in [1.54, 1.807) is 0 Å². The SMILES string of the molecule is O=C(CCCc1nc(C2CC2)no1)N[C@H](CN1CCCC1)[C@H](O)c1ccc2c(c1)OCCO2. The van der Waals surface area contributed by atoms with Gasteiger partial charge in [-0.05, 0) is 62.9 Å². The van der Waals surface area contributed by atoms with Crippen LogP contribution in [0.4, 0.5) is 0 Å². The second-order valence-electron chi connectivity index (χ2n) is 9.20. The van der Waals surface area contributed by atoms with E-state index >= 15 is 0 Å². The van der Waals surface area contributed by atoms with Crippen molar-refractivity contribution in [3.05, 3.63) is 35.5 Å². The fraction of sp³-hybridized carbons (Fsp3) is 0.625. The number of ether oxygens (including phenoxy) is 2. The standard InChI is InChI=1S/C24H32N4O5/c29-21(4-3-5-22-26-24(27-33-22)16-6-7-16)25-18(15-28-10-1-2-11-28)23(30)17-8-9-19-20(14-17)32-13-12-31-19/h8-9,14,16,18,23,30H,1-7,10-13,15H2,(H,25,29)/t18-,23-/m1/s1. The van der Waals surface area contributed by atoms with Gasteiger partial charge in [-0.1, -0.05) is 11.2 Å². The third-order valence-electron chi connectivity index (χ3n) is 6.51. The Hall–Kier alpha value is -2.65. The van der Waals surface area contributed by atoms with E-state index in [0.29, 0.717) is 67.9 Å². The lowest BCUT2D eigenvalue weighted by molar-refractivity contribution is -0.123. The maximum absolute atomic E-state index is 12.8. The molecule has 5 rings (SSSR count). The van der Waals surface area contributed by atoms with E-state index in [-0.39, 0.29) is 5.91 Å². The van der Waals surface area contributed by atoms with Gasteiger partial charge in [-0.2, -0.15) is 4.98 Å². The molecule has 1 amide bonds. The number of likely N-dealkylation sites (tertiary alicyclic amines) is 1. The van der Waals surface area contributed by atoms with Gasteiger partial charge in [-0.15, -0.1) is 0 Å². The predicted octanol–water partition coefficient (Wildman–Crippen LogP) is 2.36. The molecule has 2 atom stereocenters. The molecule has 1 saturated carbocycles. The van der Waals surface area contributed by atoms with Crippen LogP contribution in [0.15, 0.2) is 22.7 Å². The molecule has 2 aromatic rings. The molecule has 1 aliphatic carbocycles. The summed E-state index contributed by atoms with van der Waals surface area (Å²) in [6.45, 7) is 3.59. The number of aliphatic hydroxyl groups is 1. The van der Waals surface area contributed by atoms with Crippen LogP contribution in [-0.2, 0) is 11.2 Å². The Kier molecular flexibility index (Phi) is 6.78. The van der Waals surface area contributed by atoms with E-state index < -0.39 is 12.1 Å². The van der Waals surface area contributed by atoms with Gasteiger partial charge < -0.3 is 29.3 Å². The van der Waals surface area contributed by atoms with Gasteiger partial charge >= 0.3 is 0 Å². The number of hydrogen-bond donors (Lipinski definition) is 2. The smallest absolute Gasteiger partial charge is 0.226 e. The fourth-order valence-corrected chi connectivity index (χ4v) is 4.50. The molecular weight excluding hydrogens is 424 g/mol. The van der Waals surface area contributed by atoms with Crippen molar-refractivity contribution in [1.82, 2.24) is 20.4 Å². The first-order chi connectivity index (χ1) is 16.2. The number of nitrogens with one attached hydrogen (secondary N) is 1. The Morgan fingerprint density at radius 2 is 1.97 bits per heavy atom. The van der Waals surface area contributed by atoms with Crippen molar-refractivity contribution in [2.75, 3.05) is 32.8 Å². The van der Waals surface area contributed by atoms with E-state index in [0.717, 1.165) is 44.6 Å². The van der Waals surface area contributed by atoms with Crippen LogP contribution < -0.4 is 14.8 Å². The number of aryl methyl sites for hydroxylation is 1. The molecule has 3 heterocycles. The molecule has 0 radical (unpaired) electrons. The minimum Gasteiger partial charge on any atom is -0.486 e. The molecule has 9 heteroatoms. The summed E-state index contributed by atoms with van der Waals surface area (Å²) in [5.74, 6) is 3.08. The summed E-state index contributed by atoms with van der Waals surface area (Å²) in [7, 11) is 0. The Morgan fingerprint density at radius 3 is 2.76 bits per heavy atom. The summed E-state index contributed by atoms with van der Waals surface area (Å²) < 4.78 is 16.6. The van der Waals surface area contributed by atoms with E-state index in [1.807, 2.05) is 18.2 Å². The number of fused-ring (bicyclic) bond motifs is 1. The third-order valence-corrected chi connectivity index (χ3v) is 6.51. The molecule has 2 aliphatic heterocycles. The number of hydrogen-bond acceptors (Lipinski definition) is 8. The Bertz CT molecular complexity index is 954. The van der Waals surface area contributed by atoms with E-state index in [9.17, 15) is 9.90 Å². The van der Waals surface area contributed by atoms with Crippen molar-refractivity contribution in [2.24, 2.45) is 0 Å². The van der Waals surface area contributed by atoms with Crippen molar-refractivity contribution < 1.29 is 23.9 Å². The molecule has 9 nitrogen and oxygen atoms in total. The van der Waals surface area contributed by atoms with Crippen LogP contribution in [0, 0.1) is 0 Å². The first kappa shape index (κ1) is 22.2. The number of amides is 1. The van der Waals surface area contributed by atoms with Gasteiger partial charge in [0.1, 0.15) is 19.3 Å². The average molecular weight is 457 g/mol. The van der Waals surface area contributed by atoms with Crippen LogP contribution in [-0.4, -0.2) is 64.9 Å². The summed E-state index contributed by atoms with van der Waals surface area (Å²) >= 11 is 0. The minimum atomic E-state index is -0.845. The minimum absolute atomic E-state index is 0.0854. The first-order valence-corrected chi connectivity index (χ1v) is 12.1. The van der Waals surface area contributed by atoms with Gasteiger partial charge in [0.25, 0.3) is 0 Å². The van der Waals surface area contributed by atoms with Crippen LogP contribution in [0.5, 0.6) is 11.5 Å². The molecule has 1 aromatic heterocycles. The maximum Gasteiger partial charge on any atom is 0.226 e. The second kappa shape index (κ2) is 10.1. The van der Waals surface area contributed by atoms with E-state index in [2.05, 4.69) is 20.4 Å². The highest BCUT2D eigenvalue weighted by Crippen LogP contribution is 2.38. The summed E-state index contributed by atoms with van der Waals surface area (Å²) in [5, 5.41) is 18.3. The highest BCUT2D eigenvalue weighted by atomic mass is 16.6. The quantitative estimate of drug-likeness (QED) is 0.561. The number of carbonyl (C=O) groups is 1. The van der Waals surface area contributed by atoms with Crippen molar-refractivity contribution >= 4 is 5.91 Å². The maximum atomic E-state index is 12.8. The molecule has 1 aromatic carbocycles. The zero-order valence-electron chi connectivity index (χ0n) is 18.9. The summed E-state index contributed by atoms with van der Waals surface area (Å²) in [4.78, 5) is 19.5. The largest absolute Gasteiger partial charge is 0.486 e. The first-order valence-electron chi connectivity index (χ1n) is 12.1. The monoisotopic (exact) mass is 456 g/mol. The van der Waals surface area contributed by atoms with Crippen LogP contribution in [0.2, 0.25) is 0 Å². The zero-order chi connectivity index (χ0) is 22.6. The number of benzene rings is 1. The summed E-state index contributed by atoms with van der Waals surface area (Å²) in [5.41, 5.74) is 0.710. The lowest BCUT2D eigenvalue weighted by atomic mass is 10.0. The number of nitrogens with zero attached hydrogens (tertiary/aromatic N) is 3. The number of carbonyl (C=O) groups excluding carboxylic acids is 1. The van der Waals surface area contributed by atoms with Gasteiger partial charge in [0.15, 0.2) is 17.3 Å². The molecule has 0 spiro atoms. The lowest BCUT2D eigenvalue weighted by Crippen LogP contribution is -2.46. The van der Waals surface area contributed by atoms with E-state index in [1.165, 1.54) is 0 Å². The molecule has 1 saturated heterocycles. The number of aromatic nitrogens is 2. The Balaban J connectivity index is 1.19. The lowest BCUT2D eigenvalue weighted by Gasteiger charge is -2.29. The van der Waals surface area contributed by atoms with Crippen molar-refractivity contribution in [3.63, 3.8) is 0 Å². The number of rotatable bonds is 10. The van der Waals surface area contributed by atoms with Gasteiger partial charge in [0, 0.05) is 25.3 Å². The molecular formula is C24H32N4O5. The second-order valence-corrected chi connectivity index (χ2v) is 9.20.